The Bertz CT molecular complexity index is 554. The number of nitrogens with zero attached hydrogens (tertiary/aromatic N) is 3. The molecule has 18 heavy (non-hydrogen) atoms. The van der Waals surface area contributed by atoms with E-state index in [9.17, 15) is 9.18 Å². The van der Waals surface area contributed by atoms with Crippen LogP contribution in [-0.4, -0.2) is 27.4 Å². The summed E-state index contributed by atoms with van der Waals surface area (Å²) >= 11 is 0. The molecule has 2 rings (SSSR count). The maximum absolute atomic E-state index is 13.3. The van der Waals surface area contributed by atoms with E-state index in [-0.39, 0.29) is 11.4 Å². The van der Waals surface area contributed by atoms with Crippen molar-refractivity contribution in [2.75, 3.05) is 11.9 Å². The molecule has 6 nitrogen and oxygen atoms in total. The van der Waals surface area contributed by atoms with Crippen LogP contribution in [0.25, 0.3) is 0 Å². The van der Waals surface area contributed by atoms with Gasteiger partial charge in [-0.3, -0.25) is 9.48 Å². The number of benzene rings is 1. The number of rotatable bonds is 4. The Morgan fingerprint density at radius 1 is 1.44 bits per heavy atom. The SMILES string of the molecule is NCCn1cc(C(=O)Nc2ccccc2F)nn1. The lowest BCUT2D eigenvalue weighted by Gasteiger charge is -2.03. The topological polar surface area (TPSA) is 85.8 Å². The summed E-state index contributed by atoms with van der Waals surface area (Å²) in [4.78, 5) is 11.8. The van der Waals surface area contributed by atoms with Gasteiger partial charge in [0.05, 0.1) is 18.4 Å². The molecule has 0 aliphatic rings. The molecule has 0 saturated carbocycles. The van der Waals surface area contributed by atoms with Gasteiger partial charge < -0.3 is 11.1 Å². The molecule has 7 heteroatoms. The molecule has 0 fully saturated rings. The molecule has 1 aromatic carbocycles. The van der Waals surface area contributed by atoms with Crippen molar-refractivity contribution in [3.63, 3.8) is 0 Å². The lowest BCUT2D eigenvalue weighted by molar-refractivity contribution is 0.102. The van der Waals surface area contributed by atoms with Crippen LogP contribution in [0.15, 0.2) is 30.5 Å². The summed E-state index contributed by atoms with van der Waals surface area (Å²) in [7, 11) is 0. The highest BCUT2D eigenvalue weighted by Gasteiger charge is 2.12. The molecule has 3 N–H and O–H groups in total. The summed E-state index contributed by atoms with van der Waals surface area (Å²) in [5, 5.41) is 9.83. The number of nitrogens with two attached hydrogens (primary N) is 1. The van der Waals surface area contributed by atoms with Crippen LogP contribution in [-0.2, 0) is 6.54 Å². The zero-order valence-corrected chi connectivity index (χ0v) is 9.51. The molecule has 94 valence electrons. The highest BCUT2D eigenvalue weighted by Crippen LogP contribution is 2.13. The Morgan fingerprint density at radius 3 is 2.94 bits per heavy atom. The molecule has 0 radical (unpaired) electrons. The normalized spacial score (nSPS) is 10.3. The van der Waals surface area contributed by atoms with E-state index in [2.05, 4.69) is 15.6 Å². The summed E-state index contributed by atoms with van der Waals surface area (Å²) in [5.74, 6) is -1.01. The summed E-state index contributed by atoms with van der Waals surface area (Å²) in [6.45, 7) is 0.873. The Morgan fingerprint density at radius 2 is 2.22 bits per heavy atom. The van der Waals surface area contributed by atoms with Crippen molar-refractivity contribution < 1.29 is 9.18 Å². The molecule has 2 aromatic rings. The van der Waals surface area contributed by atoms with Gasteiger partial charge in [0.15, 0.2) is 5.69 Å². The predicted octanol–water partition coefficient (Wildman–Crippen LogP) is 0.628. The van der Waals surface area contributed by atoms with Crippen LogP contribution in [0.5, 0.6) is 0 Å². The molecule has 0 atom stereocenters. The first kappa shape index (κ1) is 12.2. The maximum atomic E-state index is 13.3. The van der Waals surface area contributed by atoms with Crippen molar-refractivity contribution in [1.29, 1.82) is 0 Å². The van der Waals surface area contributed by atoms with E-state index in [0.717, 1.165) is 0 Å². The smallest absolute Gasteiger partial charge is 0.277 e. The van der Waals surface area contributed by atoms with E-state index in [1.165, 1.54) is 23.0 Å². The molecule has 0 unspecified atom stereocenters. The largest absolute Gasteiger partial charge is 0.329 e. The molecule has 0 aliphatic carbocycles. The van der Waals surface area contributed by atoms with Crippen molar-refractivity contribution in [1.82, 2.24) is 15.0 Å². The second-order valence-corrected chi connectivity index (χ2v) is 3.59. The number of aromatic nitrogens is 3. The Hall–Kier alpha value is -2.28. The number of carbonyl (C=O) groups excluding carboxylic acids is 1. The lowest BCUT2D eigenvalue weighted by atomic mass is 10.3. The number of halogens is 1. The molecule has 0 saturated heterocycles. The first-order chi connectivity index (χ1) is 8.70. The summed E-state index contributed by atoms with van der Waals surface area (Å²) < 4.78 is 14.8. The van der Waals surface area contributed by atoms with Crippen molar-refractivity contribution in [2.24, 2.45) is 5.73 Å². The van der Waals surface area contributed by atoms with E-state index in [1.54, 1.807) is 12.1 Å². The second kappa shape index (κ2) is 5.37. The lowest BCUT2D eigenvalue weighted by Crippen LogP contribution is -2.13. The fraction of sp³-hybridized carbons (Fsp3) is 0.182. The van der Waals surface area contributed by atoms with Crippen LogP contribution in [0.4, 0.5) is 10.1 Å². The standard InChI is InChI=1S/C11H12FN5O/c12-8-3-1-2-4-9(8)14-11(18)10-7-17(6-5-13)16-15-10/h1-4,7H,5-6,13H2,(H,14,18). The highest BCUT2D eigenvalue weighted by atomic mass is 19.1. The fourth-order valence-electron chi connectivity index (χ4n) is 1.39. The van der Waals surface area contributed by atoms with Crippen LogP contribution in [0.3, 0.4) is 0 Å². The second-order valence-electron chi connectivity index (χ2n) is 3.59. The highest BCUT2D eigenvalue weighted by molar-refractivity contribution is 6.02. The molecule has 1 heterocycles. The number of hydrogen-bond donors (Lipinski definition) is 2. The van der Waals surface area contributed by atoms with Crippen LogP contribution in [0.2, 0.25) is 0 Å². The van der Waals surface area contributed by atoms with E-state index in [0.29, 0.717) is 13.1 Å². The average Bonchev–Trinajstić information content (AvgIpc) is 2.81. The molecular weight excluding hydrogens is 237 g/mol. The van der Waals surface area contributed by atoms with Gasteiger partial charge in [-0.15, -0.1) is 5.10 Å². The van der Waals surface area contributed by atoms with Crippen molar-refractivity contribution in [3.05, 3.63) is 42.0 Å². The number of para-hydroxylation sites is 1. The van der Waals surface area contributed by atoms with Gasteiger partial charge in [-0.1, -0.05) is 17.3 Å². The Balaban J connectivity index is 2.10. The van der Waals surface area contributed by atoms with E-state index >= 15 is 0 Å². The molecular formula is C11H12FN5O. The van der Waals surface area contributed by atoms with Gasteiger partial charge in [0.1, 0.15) is 5.82 Å². The van der Waals surface area contributed by atoms with Gasteiger partial charge >= 0.3 is 0 Å². The third kappa shape index (κ3) is 2.69. The number of hydrogen-bond acceptors (Lipinski definition) is 4. The monoisotopic (exact) mass is 249 g/mol. The third-order valence-electron chi connectivity index (χ3n) is 2.25. The first-order valence-electron chi connectivity index (χ1n) is 5.37. The summed E-state index contributed by atoms with van der Waals surface area (Å²) in [5.41, 5.74) is 5.58. The van der Waals surface area contributed by atoms with Gasteiger partial charge in [-0.05, 0) is 12.1 Å². The van der Waals surface area contributed by atoms with Crippen molar-refractivity contribution in [3.8, 4) is 0 Å². The third-order valence-corrected chi connectivity index (χ3v) is 2.25. The Labute approximate surface area is 103 Å². The zero-order chi connectivity index (χ0) is 13.0. The van der Waals surface area contributed by atoms with Gasteiger partial charge in [-0.25, -0.2) is 4.39 Å². The van der Waals surface area contributed by atoms with Crippen molar-refractivity contribution >= 4 is 11.6 Å². The average molecular weight is 249 g/mol. The number of amides is 1. The van der Waals surface area contributed by atoms with Crippen molar-refractivity contribution in [2.45, 2.75) is 6.54 Å². The van der Waals surface area contributed by atoms with Crippen LogP contribution >= 0.6 is 0 Å². The number of carbonyl (C=O) groups is 1. The first-order valence-corrected chi connectivity index (χ1v) is 5.37. The minimum atomic E-state index is -0.511. The van der Waals surface area contributed by atoms with Gasteiger partial charge in [-0.2, -0.15) is 0 Å². The fourth-order valence-corrected chi connectivity index (χ4v) is 1.39. The summed E-state index contributed by atoms with van der Waals surface area (Å²) in [6.07, 6.45) is 1.46. The minimum absolute atomic E-state index is 0.107. The van der Waals surface area contributed by atoms with Crippen LogP contribution in [0, 0.1) is 5.82 Å². The van der Waals surface area contributed by atoms with E-state index in [4.69, 9.17) is 5.73 Å². The quantitative estimate of drug-likeness (QED) is 0.832. The van der Waals surface area contributed by atoms with Crippen LogP contribution in [0.1, 0.15) is 10.5 Å². The van der Waals surface area contributed by atoms with Gasteiger partial charge in [0.25, 0.3) is 5.91 Å². The van der Waals surface area contributed by atoms with Crippen LogP contribution < -0.4 is 11.1 Å². The molecule has 0 aliphatic heterocycles. The van der Waals surface area contributed by atoms with E-state index in [1.807, 2.05) is 0 Å². The molecule has 0 bridgehead atoms. The molecule has 1 aromatic heterocycles. The summed E-state index contributed by atoms with van der Waals surface area (Å²) in [6, 6.07) is 5.91. The molecule has 1 amide bonds. The maximum Gasteiger partial charge on any atom is 0.277 e. The minimum Gasteiger partial charge on any atom is -0.329 e. The van der Waals surface area contributed by atoms with Gasteiger partial charge in [0, 0.05) is 6.54 Å². The number of nitrogens with one attached hydrogen (secondary N) is 1. The number of anilines is 1. The predicted molar refractivity (Wildman–Crippen MR) is 63.4 cm³/mol. The van der Waals surface area contributed by atoms with Gasteiger partial charge in [0.2, 0.25) is 0 Å². The zero-order valence-electron chi connectivity index (χ0n) is 9.51. The van der Waals surface area contributed by atoms with E-state index < -0.39 is 11.7 Å². The molecule has 0 spiro atoms. The Kier molecular flexibility index (Phi) is 3.63.